The SMILES string of the molecule is CCOC(=O)Cc1ccc(NC(=O)COCCCl)cc1. The van der Waals surface area contributed by atoms with Gasteiger partial charge in [-0.1, -0.05) is 12.1 Å². The largest absolute Gasteiger partial charge is 0.466 e. The molecule has 0 bridgehead atoms. The molecule has 0 saturated carbocycles. The lowest BCUT2D eigenvalue weighted by molar-refractivity contribution is -0.142. The Morgan fingerprint density at radius 1 is 1.25 bits per heavy atom. The Morgan fingerprint density at radius 3 is 2.55 bits per heavy atom. The van der Waals surface area contributed by atoms with Gasteiger partial charge < -0.3 is 14.8 Å². The summed E-state index contributed by atoms with van der Waals surface area (Å²) in [4.78, 5) is 22.8. The molecule has 0 spiro atoms. The van der Waals surface area contributed by atoms with Crippen molar-refractivity contribution in [3.8, 4) is 0 Å². The van der Waals surface area contributed by atoms with E-state index < -0.39 is 0 Å². The van der Waals surface area contributed by atoms with Crippen LogP contribution in [-0.4, -0.2) is 37.6 Å². The van der Waals surface area contributed by atoms with E-state index in [-0.39, 0.29) is 24.9 Å². The van der Waals surface area contributed by atoms with Crippen molar-refractivity contribution in [1.29, 1.82) is 0 Å². The zero-order valence-electron chi connectivity index (χ0n) is 11.4. The van der Waals surface area contributed by atoms with Crippen LogP contribution in [0.15, 0.2) is 24.3 Å². The van der Waals surface area contributed by atoms with Crippen LogP contribution in [0.1, 0.15) is 12.5 Å². The first kappa shape index (κ1) is 16.5. The number of carbonyl (C=O) groups is 2. The van der Waals surface area contributed by atoms with Crippen molar-refractivity contribution in [3.63, 3.8) is 0 Å². The Morgan fingerprint density at radius 2 is 1.95 bits per heavy atom. The van der Waals surface area contributed by atoms with Crippen LogP contribution in [0, 0.1) is 0 Å². The van der Waals surface area contributed by atoms with E-state index in [4.69, 9.17) is 21.1 Å². The standard InChI is InChI=1S/C14H18ClNO4/c1-2-20-14(18)9-11-3-5-12(6-4-11)16-13(17)10-19-8-7-15/h3-6H,2,7-10H2,1H3,(H,16,17). The number of carbonyl (C=O) groups excluding carboxylic acids is 2. The van der Waals surface area contributed by atoms with E-state index in [1.54, 1.807) is 31.2 Å². The summed E-state index contributed by atoms with van der Waals surface area (Å²) in [6.07, 6.45) is 0.223. The van der Waals surface area contributed by atoms with Crippen molar-refractivity contribution in [3.05, 3.63) is 29.8 Å². The van der Waals surface area contributed by atoms with Crippen molar-refractivity contribution in [1.82, 2.24) is 0 Å². The molecule has 0 aliphatic rings. The Balaban J connectivity index is 2.42. The Bertz CT molecular complexity index is 433. The summed E-state index contributed by atoms with van der Waals surface area (Å²) in [7, 11) is 0. The first-order valence-corrected chi connectivity index (χ1v) is 6.87. The molecular weight excluding hydrogens is 282 g/mol. The van der Waals surface area contributed by atoms with Crippen molar-refractivity contribution in [2.75, 3.05) is 31.0 Å². The van der Waals surface area contributed by atoms with Crippen LogP contribution in [0.25, 0.3) is 0 Å². The summed E-state index contributed by atoms with van der Waals surface area (Å²) in [5.41, 5.74) is 1.48. The zero-order valence-corrected chi connectivity index (χ0v) is 12.1. The van der Waals surface area contributed by atoms with Crippen LogP contribution in [-0.2, 0) is 25.5 Å². The van der Waals surface area contributed by atoms with E-state index in [9.17, 15) is 9.59 Å². The monoisotopic (exact) mass is 299 g/mol. The van der Waals surface area contributed by atoms with Gasteiger partial charge in [-0.05, 0) is 24.6 Å². The average Bonchev–Trinajstić information content (AvgIpc) is 2.41. The summed E-state index contributed by atoms with van der Waals surface area (Å²) >= 11 is 5.43. The molecule has 110 valence electrons. The van der Waals surface area contributed by atoms with E-state index in [1.165, 1.54) is 0 Å². The van der Waals surface area contributed by atoms with Gasteiger partial charge in [-0.3, -0.25) is 9.59 Å². The number of hydrogen-bond donors (Lipinski definition) is 1. The third-order valence-electron chi connectivity index (χ3n) is 2.35. The molecule has 0 heterocycles. The van der Waals surface area contributed by atoms with Crippen LogP contribution in [0.5, 0.6) is 0 Å². The molecular formula is C14H18ClNO4. The highest BCUT2D eigenvalue weighted by Gasteiger charge is 2.05. The molecule has 1 aromatic rings. The molecule has 0 unspecified atom stereocenters. The molecule has 0 aliphatic carbocycles. The molecule has 1 N–H and O–H groups in total. The molecule has 0 aromatic heterocycles. The van der Waals surface area contributed by atoms with Gasteiger partial charge in [-0.15, -0.1) is 11.6 Å². The lowest BCUT2D eigenvalue weighted by Crippen LogP contribution is -2.18. The Labute approximate surface area is 123 Å². The number of alkyl halides is 1. The smallest absolute Gasteiger partial charge is 0.310 e. The van der Waals surface area contributed by atoms with Crippen LogP contribution in [0.2, 0.25) is 0 Å². The van der Waals surface area contributed by atoms with Gasteiger partial charge in [0.2, 0.25) is 5.91 Å². The van der Waals surface area contributed by atoms with Gasteiger partial charge in [0.15, 0.2) is 0 Å². The normalized spacial score (nSPS) is 10.1. The predicted octanol–water partition coefficient (Wildman–Crippen LogP) is 1.99. The number of hydrogen-bond acceptors (Lipinski definition) is 4. The first-order valence-electron chi connectivity index (χ1n) is 6.33. The Hall–Kier alpha value is -1.59. The number of benzene rings is 1. The van der Waals surface area contributed by atoms with Crippen molar-refractivity contribution in [2.24, 2.45) is 0 Å². The lowest BCUT2D eigenvalue weighted by atomic mass is 10.1. The highest BCUT2D eigenvalue weighted by molar-refractivity contribution is 6.18. The number of ether oxygens (including phenoxy) is 2. The van der Waals surface area contributed by atoms with Crippen molar-refractivity contribution in [2.45, 2.75) is 13.3 Å². The summed E-state index contributed by atoms with van der Waals surface area (Å²) < 4.78 is 9.87. The minimum absolute atomic E-state index is 0.0305. The topological polar surface area (TPSA) is 64.6 Å². The fraction of sp³-hybridized carbons (Fsp3) is 0.429. The van der Waals surface area contributed by atoms with Crippen molar-refractivity contribution < 1.29 is 19.1 Å². The molecule has 0 fully saturated rings. The number of nitrogens with one attached hydrogen (secondary N) is 1. The molecule has 1 amide bonds. The maximum absolute atomic E-state index is 11.5. The molecule has 6 heteroatoms. The van der Waals surface area contributed by atoms with Gasteiger partial charge in [-0.25, -0.2) is 0 Å². The quantitative estimate of drug-likeness (QED) is 0.453. The van der Waals surface area contributed by atoms with Gasteiger partial charge in [-0.2, -0.15) is 0 Å². The van der Waals surface area contributed by atoms with Crippen LogP contribution in [0.4, 0.5) is 5.69 Å². The van der Waals surface area contributed by atoms with E-state index in [2.05, 4.69) is 5.32 Å². The number of esters is 1. The van der Waals surface area contributed by atoms with Gasteiger partial charge in [0.05, 0.1) is 19.6 Å². The highest BCUT2D eigenvalue weighted by Crippen LogP contribution is 2.10. The molecule has 0 atom stereocenters. The number of amides is 1. The molecule has 20 heavy (non-hydrogen) atoms. The first-order chi connectivity index (χ1) is 9.65. The molecule has 1 rings (SSSR count). The fourth-order valence-electron chi connectivity index (χ4n) is 1.50. The number of halogens is 1. The molecule has 0 aliphatic heterocycles. The van der Waals surface area contributed by atoms with E-state index in [1.807, 2.05) is 0 Å². The molecule has 1 aromatic carbocycles. The van der Waals surface area contributed by atoms with Gasteiger partial charge in [0.25, 0.3) is 0 Å². The third-order valence-corrected chi connectivity index (χ3v) is 2.50. The van der Waals surface area contributed by atoms with Crippen LogP contribution >= 0.6 is 11.6 Å². The van der Waals surface area contributed by atoms with E-state index in [0.29, 0.717) is 24.8 Å². The van der Waals surface area contributed by atoms with E-state index in [0.717, 1.165) is 5.56 Å². The van der Waals surface area contributed by atoms with Gasteiger partial charge in [0.1, 0.15) is 6.61 Å². The van der Waals surface area contributed by atoms with Crippen LogP contribution in [0.3, 0.4) is 0 Å². The van der Waals surface area contributed by atoms with Gasteiger partial charge >= 0.3 is 5.97 Å². The number of anilines is 1. The lowest BCUT2D eigenvalue weighted by Gasteiger charge is -2.07. The van der Waals surface area contributed by atoms with E-state index >= 15 is 0 Å². The second kappa shape index (κ2) is 9.34. The molecule has 0 radical (unpaired) electrons. The maximum Gasteiger partial charge on any atom is 0.310 e. The minimum atomic E-state index is -0.265. The minimum Gasteiger partial charge on any atom is -0.466 e. The maximum atomic E-state index is 11.5. The second-order valence-corrected chi connectivity index (χ2v) is 4.35. The van der Waals surface area contributed by atoms with Gasteiger partial charge in [0, 0.05) is 11.6 Å². The predicted molar refractivity (Wildman–Crippen MR) is 76.9 cm³/mol. The Kier molecular flexibility index (Phi) is 7.69. The summed E-state index contributed by atoms with van der Waals surface area (Å²) in [5, 5.41) is 2.68. The summed E-state index contributed by atoms with van der Waals surface area (Å²) in [5.74, 6) is -0.150. The van der Waals surface area contributed by atoms with Crippen LogP contribution < -0.4 is 5.32 Å². The number of rotatable bonds is 8. The van der Waals surface area contributed by atoms with Crippen molar-refractivity contribution >= 4 is 29.2 Å². The molecule has 5 nitrogen and oxygen atoms in total. The second-order valence-electron chi connectivity index (χ2n) is 3.97. The zero-order chi connectivity index (χ0) is 14.8. The highest BCUT2D eigenvalue weighted by atomic mass is 35.5. The third kappa shape index (κ3) is 6.54. The summed E-state index contributed by atoms with van der Waals surface area (Å²) in [6, 6.07) is 7.00. The summed E-state index contributed by atoms with van der Waals surface area (Å²) in [6.45, 7) is 2.45. The fourth-order valence-corrected chi connectivity index (χ4v) is 1.61. The average molecular weight is 300 g/mol. The molecule has 0 saturated heterocycles.